The van der Waals surface area contributed by atoms with Gasteiger partial charge in [-0.3, -0.25) is 0 Å². The van der Waals surface area contributed by atoms with Gasteiger partial charge in [0.2, 0.25) is 0 Å². The summed E-state index contributed by atoms with van der Waals surface area (Å²) in [4.78, 5) is 0. The summed E-state index contributed by atoms with van der Waals surface area (Å²) in [5.74, 6) is 0. The van der Waals surface area contributed by atoms with E-state index in [1.54, 1.807) is 7.11 Å². The fourth-order valence-corrected chi connectivity index (χ4v) is 8.43. The molecule has 0 aromatic carbocycles. The Bertz CT molecular complexity index is 216. The van der Waals surface area contributed by atoms with Gasteiger partial charge in [-0.25, -0.2) is 0 Å². The summed E-state index contributed by atoms with van der Waals surface area (Å²) in [5, 5.41) is 0. The molecule has 0 amide bonds. The minimum Gasteiger partial charge on any atom is -0.398 e. The molecule has 19 heavy (non-hydrogen) atoms. The molecule has 0 aromatic heterocycles. The lowest BCUT2D eigenvalue weighted by atomic mass is 10.5. The predicted molar refractivity (Wildman–Crippen MR) is 77.6 cm³/mol. The fourth-order valence-electron chi connectivity index (χ4n) is 1.82. The summed E-state index contributed by atoms with van der Waals surface area (Å²) in [7, 11) is 0.592. The first-order chi connectivity index (χ1) is 9.07. The zero-order valence-electron chi connectivity index (χ0n) is 12.4. The Balaban J connectivity index is 4.96. The molecule has 0 unspecified atom stereocenters. The van der Waals surface area contributed by atoms with E-state index in [1.807, 2.05) is 0 Å². The molecule has 0 saturated heterocycles. The maximum atomic E-state index is 6.10. The molecule has 0 spiro atoms. The van der Waals surface area contributed by atoms with Crippen LogP contribution in [0.25, 0.3) is 0 Å². The minimum atomic E-state index is -3.12. The van der Waals surface area contributed by atoms with Crippen LogP contribution < -0.4 is 11.5 Å². The Hall–Kier alpha value is 0.154. The van der Waals surface area contributed by atoms with E-state index in [0.29, 0.717) is 13.1 Å². The van der Waals surface area contributed by atoms with Crippen LogP contribution in [0.3, 0.4) is 0 Å². The lowest BCUT2D eigenvalue weighted by Gasteiger charge is -2.35. The van der Waals surface area contributed by atoms with Crippen LogP contribution in [0.2, 0.25) is 12.1 Å². The molecule has 0 bridgehead atoms. The van der Waals surface area contributed by atoms with Crippen LogP contribution >= 0.6 is 0 Å². The summed E-state index contributed by atoms with van der Waals surface area (Å²) < 4.78 is 27.8. The molecule has 0 fully saturated rings. The van der Waals surface area contributed by atoms with Gasteiger partial charge in [0.1, 0.15) is 0 Å². The zero-order valence-corrected chi connectivity index (χ0v) is 14.4. The molecule has 0 radical (unpaired) electrons. The molecule has 7 nitrogen and oxygen atoms in total. The van der Waals surface area contributed by atoms with Gasteiger partial charge in [-0.2, -0.15) is 0 Å². The van der Waals surface area contributed by atoms with E-state index >= 15 is 0 Å². The van der Waals surface area contributed by atoms with Gasteiger partial charge in [-0.15, -0.1) is 0 Å². The number of nitrogens with two attached hydrogens (primary N) is 2. The average molecular weight is 313 g/mol. The molecule has 0 rings (SSSR count). The van der Waals surface area contributed by atoms with E-state index < -0.39 is 17.6 Å². The van der Waals surface area contributed by atoms with Crippen molar-refractivity contribution >= 4 is 17.6 Å². The molecule has 9 heteroatoms. The van der Waals surface area contributed by atoms with Crippen molar-refractivity contribution in [1.29, 1.82) is 0 Å². The maximum Gasteiger partial charge on any atom is 0.669 e. The largest absolute Gasteiger partial charge is 0.669 e. The van der Waals surface area contributed by atoms with Gasteiger partial charge in [0.05, 0.1) is 0 Å². The second-order valence-corrected chi connectivity index (χ2v) is 10.4. The first-order valence-electron chi connectivity index (χ1n) is 6.38. The monoisotopic (exact) mass is 312 g/mol. The van der Waals surface area contributed by atoms with E-state index in [2.05, 4.69) is 0 Å². The third kappa shape index (κ3) is 5.98. The predicted octanol–water partition coefficient (Wildman–Crippen LogP) is 0.164. The summed E-state index contributed by atoms with van der Waals surface area (Å²) >= 11 is 0. The van der Waals surface area contributed by atoms with Gasteiger partial charge >= 0.3 is 17.6 Å². The number of rotatable bonds is 12. The second kappa shape index (κ2) is 9.96. The lowest BCUT2D eigenvalue weighted by Crippen LogP contribution is -2.57. The Morgan fingerprint density at radius 1 is 0.737 bits per heavy atom. The maximum absolute atomic E-state index is 6.10. The van der Waals surface area contributed by atoms with Crippen LogP contribution in [-0.4, -0.2) is 59.1 Å². The molecule has 0 aliphatic rings. The van der Waals surface area contributed by atoms with Crippen LogP contribution in [0, 0.1) is 0 Å². The third-order valence-corrected chi connectivity index (χ3v) is 9.92. The Kier molecular flexibility index (Phi) is 10.0. The van der Waals surface area contributed by atoms with Crippen molar-refractivity contribution in [1.82, 2.24) is 0 Å². The summed E-state index contributed by atoms with van der Waals surface area (Å²) in [6.07, 6.45) is 1.65. The van der Waals surface area contributed by atoms with Gasteiger partial charge in [0.15, 0.2) is 0 Å². The SMILES string of the molecule is CO[Si](CCCN)(CCCN)O[Si](OC)(OC)OC. The van der Waals surface area contributed by atoms with E-state index in [-0.39, 0.29) is 0 Å². The number of hydrogen-bond donors (Lipinski definition) is 2. The Labute approximate surface area is 118 Å². The van der Waals surface area contributed by atoms with Crippen molar-refractivity contribution in [3.63, 3.8) is 0 Å². The van der Waals surface area contributed by atoms with Crippen molar-refractivity contribution in [2.75, 3.05) is 41.5 Å². The first kappa shape index (κ1) is 19.2. The van der Waals surface area contributed by atoms with Crippen LogP contribution in [0.1, 0.15) is 12.8 Å². The van der Waals surface area contributed by atoms with Crippen LogP contribution in [0.5, 0.6) is 0 Å². The van der Waals surface area contributed by atoms with Gasteiger partial charge in [-0.05, 0) is 38.0 Å². The normalized spacial score (nSPS) is 12.9. The van der Waals surface area contributed by atoms with Crippen molar-refractivity contribution in [2.45, 2.75) is 24.9 Å². The van der Waals surface area contributed by atoms with Crippen molar-refractivity contribution < 1.29 is 21.8 Å². The number of hydrogen-bond acceptors (Lipinski definition) is 7. The van der Waals surface area contributed by atoms with Crippen molar-refractivity contribution in [3.8, 4) is 0 Å². The van der Waals surface area contributed by atoms with Crippen LogP contribution in [-0.2, 0) is 21.8 Å². The van der Waals surface area contributed by atoms with Crippen LogP contribution in [0.4, 0.5) is 0 Å². The minimum absolute atomic E-state index is 0.589. The van der Waals surface area contributed by atoms with Gasteiger partial charge in [0, 0.05) is 28.4 Å². The average Bonchev–Trinajstić information content (AvgIpc) is 2.47. The van der Waals surface area contributed by atoms with Crippen molar-refractivity contribution in [2.24, 2.45) is 11.5 Å². The first-order valence-corrected chi connectivity index (χ1v) is 10.2. The molecule has 0 aromatic rings. The van der Waals surface area contributed by atoms with Gasteiger partial charge < -0.3 is 33.3 Å². The highest BCUT2D eigenvalue weighted by Gasteiger charge is 2.52. The fraction of sp³-hybridized carbons (Fsp3) is 1.00. The van der Waals surface area contributed by atoms with E-state index in [4.69, 9.17) is 33.3 Å². The van der Waals surface area contributed by atoms with Gasteiger partial charge in [0.25, 0.3) is 0 Å². The van der Waals surface area contributed by atoms with E-state index in [9.17, 15) is 0 Å². The lowest BCUT2D eigenvalue weighted by molar-refractivity contribution is 0.0355. The Morgan fingerprint density at radius 2 is 1.16 bits per heavy atom. The molecule has 116 valence electrons. The topological polar surface area (TPSA) is 98.2 Å². The van der Waals surface area contributed by atoms with Crippen LogP contribution in [0.15, 0.2) is 0 Å². The highest BCUT2D eigenvalue weighted by Crippen LogP contribution is 2.27. The smallest absolute Gasteiger partial charge is 0.398 e. The standard InChI is InChI=1S/C10H28N2O5Si2/c1-13-18(9-5-7-11,10-6-8-12)17-19(14-2,15-3)16-4/h5-12H2,1-4H3. The van der Waals surface area contributed by atoms with Crippen molar-refractivity contribution in [3.05, 3.63) is 0 Å². The van der Waals surface area contributed by atoms with E-state index in [1.165, 1.54) is 21.3 Å². The second-order valence-electron chi connectivity index (χ2n) is 4.11. The molecule has 0 aliphatic heterocycles. The highest BCUT2D eigenvalue weighted by atomic mass is 28.5. The highest BCUT2D eigenvalue weighted by molar-refractivity contribution is 6.76. The quantitative estimate of drug-likeness (QED) is 0.495. The van der Waals surface area contributed by atoms with Gasteiger partial charge in [-0.1, -0.05) is 0 Å². The third-order valence-electron chi connectivity index (χ3n) is 2.96. The zero-order chi connectivity index (χ0) is 14.8. The summed E-state index contributed by atoms with van der Waals surface area (Å²) in [6, 6.07) is 1.54. The Morgan fingerprint density at radius 3 is 1.42 bits per heavy atom. The molecule has 0 heterocycles. The summed E-state index contributed by atoms with van der Waals surface area (Å²) in [6.45, 7) is 1.18. The molecular formula is C10H28N2O5Si2. The molecule has 0 saturated carbocycles. The summed E-state index contributed by atoms with van der Waals surface area (Å²) in [5.41, 5.74) is 11.2. The van der Waals surface area contributed by atoms with E-state index in [0.717, 1.165) is 24.9 Å². The molecule has 0 aliphatic carbocycles. The molecule has 0 atom stereocenters. The molecular weight excluding hydrogens is 284 g/mol. The molecule has 4 N–H and O–H groups in total.